The summed E-state index contributed by atoms with van der Waals surface area (Å²) in [6.07, 6.45) is 0.622. The van der Waals surface area contributed by atoms with Crippen LogP contribution in [0.25, 0.3) is 0 Å². The molecule has 25 heavy (non-hydrogen) atoms. The molecule has 1 fully saturated rings. The van der Waals surface area contributed by atoms with Crippen LogP contribution in [0.5, 0.6) is 0 Å². The predicted octanol–water partition coefficient (Wildman–Crippen LogP) is 4.18. The summed E-state index contributed by atoms with van der Waals surface area (Å²) in [5.74, 6) is 0.158. The third-order valence-corrected chi connectivity index (χ3v) is 7.78. The predicted molar refractivity (Wildman–Crippen MR) is 104 cm³/mol. The maximum Gasteiger partial charge on any atom is 0.256 e. The van der Waals surface area contributed by atoms with Crippen LogP contribution in [0.4, 0.5) is 5.69 Å². The minimum atomic E-state index is -2.94. The van der Waals surface area contributed by atoms with E-state index < -0.39 is 9.84 Å². The van der Waals surface area contributed by atoms with Gasteiger partial charge in [0.05, 0.1) is 17.1 Å². The molecule has 1 aliphatic heterocycles. The third kappa shape index (κ3) is 4.57. The van der Waals surface area contributed by atoms with Crippen molar-refractivity contribution in [3.63, 3.8) is 0 Å². The van der Waals surface area contributed by atoms with Crippen LogP contribution in [0, 0.1) is 6.92 Å². The van der Waals surface area contributed by atoms with Gasteiger partial charge in [-0.25, -0.2) is 8.42 Å². The molecule has 7 heteroatoms. The summed E-state index contributed by atoms with van der Waals surface area (Å²) in [6.45, 7) is 1.90. The molecule has 1 atom stereocenters. The highest BCUT2D eigenvalue weighted by Gasteiger charge is 2.29. The number of nitrogens with one attached hydrogen (secondary N) is 1. The Morgan fingerprint density at radius 2 is 2.00 bits per heavy atom. The van der Waals surface area contributed by atoms with Crippen molar-refractivity contribution in [2.45, 2.75) is 23.5 Å². The summed E-state index contributed by atoms with van der Waals surface area (Å²) in [4.78, 5) is 13.4. The molecule has 1 amide bonds. The second-order valence-corrected chi connectivity index (χ2v) is 10.0. The average Bonchev–Trinajstić information content (AvgIpc) is 2.90. The lowest BCUT2D eigenvalue weighted by molar-refractivity contribution is 0.102. The Kier molecular flexibility index (Phi) is 5.41. The first-order valence-electron chi connectivity index (χ1n) is 7.88. The fourth-order valence-corrected chi connectivity index (χ4v) is 6.47. The second kappa shape index (κ2) is 7.40. The molecule has 0 unspecified atom stereocenters. The molecule has 1 saturated heterocycles. The molecule has 0 saturated carbocycles. The molecule has 0 bridgehead atoms. The van der Waals surface area contributed by atoms with Gasteiger partial charge in [-0.05, 0) is 43.2 Å². The number of sulfone groups is 1. The van der Waals surface area contributed by atoms with Gasteiger partial charge in [0.15, 0.2) is 9.84 Å². The fraction of sp³-hybridized carbons (Fsp3) is 0.278. The first-order chi connectivity index (χ1) is 11.8. The van der Waals surface area contributed by atoms with Crippen LogP contribution in [0.2, 0.25) is 5.02 Å². The zero-order valence-electron chi connectivity index (χ0n) is 13.7. The topological polar surface area (TPSA) is 63.2 Å². The van der Waals surface area contributed by atoms with E-state index in [1.54, 1.807) is 24.3 Å². The van der Waals surface area contributed by atoms with Gasteiger partial charge in [-0.1, -0.05) is 29.8 Å². The van der Waals surface area contributed by atoms with Crippen molar-refractivity contribution in [2.75, 3.05) is 16.8 Å². The lowest BCUT2D eigenvalue weighted by Gasteiger charge is -2.13. The number of hydrogen-bond acceptors (Lipinski definition) is 4. The van der Waals surface area contributed by atoms with Gasteiger partial charge in [0, 0.05) is 20.9 Å². The molecule has 0 spiro atoms. The Balaban J connectivity index is 1.77. The van der Waals surface area contributed by atoms with E-state index in [1.807, 2.05) is 25.1 Å². The average molecular weight is 396 g/mol. The van der Waals surface area contributed by atoms with Crippen molar-refractivity contribution in [1.29, 1.82) is 0 Å². The third-order valence-electron chi connectivity index (χ3n) is 4.05. The lowest BCUT2D eigenvalue weighted by Crippen LogP contribution is -2.14. The molecule has 0 aromatic heterocycles. The molecule has 3 rings (SSSR count). The van der Waals surface area contributed by atoms with Gasteiger partial charge in [-0.2, -0.15) is 0 Å². The molecule has 2 aromatic carbocycles. The van der Waals surface area contributed by atoms with E-state index in [-0.39, 0.29) is 22.7 Å². The van der Waals surface area contributed by atoms with Crippen LogP contribution >= 0.6 is 23.4 Å². The van der Waals surface area contributed by atoms with Gasteiger partial charge in [-0.15, -0.1) is 11.8 Å². The quantitative estimate of drug-likeness (QED) is 0.843. The van der Waals surface area contributed by atoms with Gasteiger partial charge < -0.3 is 5.32 Å². The van der Waals surface area contributed by atoms with Gasteiger partial charge in [0.25, 0.3) is 5.91 Å². The smallest absolute Gasteiger partial charge is 0.256 e. The zero-order valence-corrected chi connectivity index (χ0v) is 16.0. The molecular weight excluding hydrogens is 378 g/mol. The Morgan fingerprint density at radius 3 is 2.68 bits per heavy atom. The van der Waals surface area contributed by atoms with E-state index >= 15 is 0 Å². The number of hydrogen-bond donors (Lipinski definition) is 1. The Morgan fingerprint density at radius 1 is 1.24 bits per heavy atom. The summed E-state index contributed by atoms with van der Waals surface area (Å²) in [5.41, 5.74) is 2.11. The molecule has 1 heterocycles. The number of aryl methyl sites for hydroxylation is 1. The van der Waals surface area contributed by atoms with Crippen LogP contribution in [0.3, 0.4) is 0 Å². The number of halogens is 1. The summed E-state index contributed by atoms with van der Waals surface area (Å²) >= 11 is 7.56. The monoisotopic (exact) mass is 395 g/mol. The number of rotatable bonds is 4. The molecule has 2 aromatic rings. The van der Waals surface area contributed by atoms with E-state index in [2.05, 4.69) is 5.32 Å². The summed E-state index contributed by atoms with van der Waals surface area (Å²) < 4.78 is 23.3. The van der Waals surface area contributed by atoms with E-state index in [4.69, 9.17) is 11.6 Å². The highest BCUT2D eigenvalue weighted by Crippen LogP contribution is 2.33. The molecule has 1 aliphatic rings. The highest BCUT2D eigenvalue weighted by molar-refractivity contribution is 8.02. The van der Waals surface area contributed by atoms with Crippen molar-refractivity contribution in [3.05, 3.63) is 58.6 Å². The summed E-state index contributed by atoms with van der Waals surface area (Å²) in [6, 6.07) is 12.6. The van der Waals surface area contributed by atoms with Gasteiger partial charge in [0.2, 0.25) is 0 Å². The second-order valence-electron chi connectivity index (χ2n) is 6.06. The number of anilines is 1. The Bertz CT molecular complexity index is 912. The molecule has 0 radical (unpaired) electrons. The van der Waals surface area contributed by atoms with Crippen LogP contribution < -0.4 is 5.32 Å². The van der Waals surface area contributed by atoms with Crippen molar-refractivity contribution in [3.8, 4) is 0 Å². The van der Waals surface area contributed by atoms with E-state index in [9.17, 15) is 13.2 Å². The van der Waals surface area contributed by atoms with E-state index in [0.29, 0.717) is 22.7 Å². The molecule has 1 N–H and O–H groups in total. The van der Waals surface area contributed by atoms with Crippen molar-refractivity contribution < 1.29 is 13.2 Å². The molecule has 132 valence electrons. The van der Waals surface area contributed by atoms with E-state index in [0.717, 1.165) is 10.5 Å². The minimum absolute atomic E-state index is 0.00670. The first kappa shape index (κ1) is 18.3. The van der Waals surface area contributed by atoms with Gasteiger partial charge in [-0.3, -0.25) is 4.79 Å². The van der Waals surface area contributed by atoms with Crippen LogP contribution in [0.1, 0.15) is 22.3 Å². The Hall–Kier alpha value is -1.50. The lowest BCUT2D eigenvalue weighted by atomic mass is 10.2. The summed E-state index contributed by atoms with van der Waals surface area (Å²) in [5, 5.41) is 3.44. The number of benzene rings is 2. The molecule has 0 aliphatic carbocycles. The zero-order chi connectivity index (χ0) is 18.0. The first-order valence-corrected chi connectivity index (χ1v) is 11.0. The van der Waals surface area contributed by atoms with Crippen molar-refractivity contribution in [1.82, 2.24) is 0 Å². The standard InChI is InChI=1S/C18H18ClNO3S2/c1-12-6-7-13(10-16(12)19)20-18(21)15-4-2-3-5-17(15)24-14-8-9-25(22,23)11-14/h2-7,10,14H,8-9,11H2,1H3,(H,20,21)/t14-/m0/s1. The number of carbonyl (C=O) groups is 1. The summed E-state index contributed by atoms with van der Waals surface area (Å²) in [7, 11) is -2.94. The maximum atomic E-state index is 12.6. The number of thioether (sulfide) groups is 1. The van der Waals surface area contributed by atoms with Gasteiger partial charge >= 0.3 is 0 Å². The van der Waals surface area contributed by atoms with Crippen LogP contribution in [-0.4, -0.2) is 31.1 Å². The number of carbonyl (C=O) groups excluding carboxylic acids is 1. The van der Waals surface area contributed by atoms with Crippen LogP contribution in [0.15, 0.2) is 47.4 Å². The van der Waals surface area contributed by atoms with Crippen LogP contribution in [-0.2, 0) is 9.84 Å². The van der Waals surface area contributed by atoms with Crippen molar-refractivity contribution in [2.24, 2.45) is 0 Å². The maximum absolute atomic E-state index is 12.6. The highest BCUT2D eigenvalue weighted by atomic mass is 35.5. The van der Waals surface area contributed by atoms with Crippen molar-refractivity contribution >= 4 is 44.8 Å². The van der Waals surface area contributed by atoms with Gasteiger partial charge in [0.1, 0.15) is 0 Å². The minimum Gasteiger partial charge on any atom is -0.322 e. The fourth-order valence-electron chi connectivity index (χ4n) is 2.66. The largest absolute Gasteiger partial charge is 0.322 e. The molecule has 4 nitrogen and oxygen atoms in total. The normalized spacial score (nSPS) is 18.9. The molecular formula is C18H18ClNO3S2. The number of amides is 1. The SMILES string of the molecule is Cc1ccc(NC(=O)c2ccccc2S[C@H]2CCS(=O)(=O)C2)cc1Cl. The Labute approximate surface area is 156 Å². The van der Waals surface area contributed by atoms with E-state index in [1.165, 1.54) is 11.8 Å².